The van der Waals surface area contributed by atoms with E-state index in [1.807, 2.05) is 30.3 Å². The maximum Gasteiger partial charge on any atom is 0.410 e. The highest BCUT2D eigenvalue weighted by atomic mass is 32.1. The lowest BCUT2D eigenvalue weighted by Crippen LogP contribution is -2.45. The van der Waals surface area contributed by atoms with Crippen molar-refractivity contribution < 1.29 is 18.7 Å². The molecule has 2 aromatic heterocycles. The van der Waals surface area contributed by atoms with Crippen LogP contribution in [0.4, 0.5) is 15.0 Å². The lowest BCUT2D eigenvalue weighted by molar-refractivity contribution is -0.120. The molecule has 1 saturated heterocycles. The van der Waals surface area contributed by atoms with Crippen molar-refractivity contribution in [2.24, 2.45) is 0 Å². The number of anilines is 1. The molecule has 0 bridgehead atoms. The largest absolute Gasteiger partial charge is 0.444 e. The second-order valence-corrected chi connectivity index (χ2v) is 9.63. The van der Waals surface area contributed by atoms with Gasteiger partial charge >= 0.3 is 6.09 Å². The number of hydrogen-bond donors (Lipinski definition) is 2. The molecule has 3 heterocycles. The maximum atomic E-state index is 13.6. The minimum absolute atomic E-state index is 0.317. The van der Waals surface area contributed by atoms with E-state index in [9.17, 15) is 14.0 Å². The third-order valence-electron chi connectivity index (χ3n) is 5.00. The summed E-state index contributed by atoms with van der Waals surface area (Å²) >= 11 is 0.969. The summed E-state index contributed by atoms with van der Waals surface area (Å²) in [6.45, 7) is 5.83. The summed E-state index contributed by atoms with van der Waals surface area (Å²) in [6, 6.07) is 11.8. The molecule has 7 nitrogen and oxygen atoms in total. The Morgan fingerprint density at radius 2 is 1.97 bits per heavy atom. The smallest absolute Gasteiger partial charge is 0.410 e. The molecule has 1 fully saturated rings. The molecule has 2 amide bonds. The molecule has 1 aliphatic heterocycles. The molecule has 2 N–H and O–H groups in total. The highest BCUT2D eigenvalue weighted by Gasteiger charge is 2.37. The molecular weight excluding hydrogens is 431 g/mol. The van der Waals surface area contributed by atoms with Crippen molar-refractivity contribution in [2.45, 2.75) is 45.3 Å². The fourth-order valence-electron chi connectivity index (χ4n) is 3.61. The van der Waals surface area contributed by atoms with Crippen molar-refractivity contribution in [2.75, 3.05) is 11.9 Å². The summed E-state index contributed by atoms with van der Waals surface area (Å²) in [4.78, 5) is 35.6. The quantitative estimate of drug-likeness (QED) is 0.559. The Bertz CT molecular complexity index is 1120. The van der Waals surface area contributed by atoms with E-state index < -0.39 is 17.7 Å². The maximum absolute atomic E-state index is 13.6. The number of H-pyrrole nitrogens is 1. The average molecular weight is 457 g/mol. The number of aromatic nitrogens is 2. The number of carbonyl (C=O) groups excluding carboxylic acids is 2. The van der Waals surface area contributed by atoms with E-state index in [1.54, 1.807) is 26.8 Å². The number of ether oxygens (including phenoxy) is 1. The normalized spacial score (nSPS) is 16.2. The summed E-state index contributed by atoms with van der Waals surface area (Å²) in [5, 5.41) is 2.56. The molecule has 1 aromatic carbocycles. The molecule has 3 aromatic rings. The van der Waals surface area contributed by atoms with Gasteiger partial charge in [0.05, 0.1) is 10.6 Å². The number of hydrogen-bond acceptors (Lipinski definition) is 5. The fourth-order valence-corrected chi connectivity index (χ4v) is 4.29. The number of aromatic amines is 1. The van der Waals surface area contributed by atoms with Crippen molar-refractivity contribution in [3.63, 3.8) is 0 Å². The summed E-state index contributed by atoms with van der Waals surface area (Å²) in [6.07, 6.45) is 0.748. The van der Waals surface area contributed by atoms with Crippen molar-refractivity contribution in [1.29, 1.82) is 0 Å². The number of amides is 2. The van der Waals surface area contributed by atoms with Crippen LogP contribution in [0.2, 0.25) is 0 Å². The van der Waals surface area contributed by atoms with Gasteiger partial charge in [0.2, 0.25) is 5.91 Å². The third kappa shape index (κ3) is 4.83. The number of imidazole rings is 1. The zero-order valence-corrected chi connectivity index (χ0v) is 19.0. The van der Waals surface area contributed by atoms with Gasteiger partial charge in [-0.15, -0.1) is 11.3 Å². The van der Waals surface area contributed by atoms with Crippen LogP contribution in [0.5, 0.6) is 0 Å². The molecule has 1 aliphatic rings. The first-order chi connectivity index (χ1) is 15.2. The highest BCUT2D eigenvalue weighted by Crippen LogP contribution is 2.33. The summed E-state index contributed by atoms with van der Waals surface area (Å²) in [5.41, 5.74) is 0.799. The van der Waals surface area contributed by atoms with Crippen LogP contribution in [0.15, 0.2) is 42.5 Å². The van der Waals surface area contributed by atoms with Gasteiger partial charge in [0.15, 0.2) is 16.8 Å². The number of benzene rings is 1. The van der Waals surface area contributed by atoms with Gasteiger partial charge in [0.25, 0.3) is 0 Å². The van der Waals surface area contributed by atoms with Crippen LogP contribution in [0, 0.1) is 5.13 Å². The Morgan fingerprint density at radius 1 is 1.22 bits per heavy atom. The molecule has 0 spiro atoms. The highest BCUT2D eigenvalue weighted by molar-refractivity contribution is 7.13. The molecule has 9 heteroatoms. The summed E-state index contributed by atoms with van der Waals surface area (Å²) in [7, 11) is 0. The van der Waals surface area contributed by atoms with E-state index in [1.165, 1.54) is 11.0 Å². The van der Waals surface area contributed by atoms with E-state index in [2.05, 4.69) is 15.3 Å². The van der Waals surface area contributed by atoms with Gasteiger partial charge in [-0.05, 0) is 45.7 Å². The summed E-state index contributed by atoms with van der Waals surface area (Å²) < 4.78 is 19.0. The van der Waals surface area contributed by atoms with E-state index in [0.717, 1.165) is 16.9 Å². The second kappa shape index (κ2) is 8.74. The van der Waals surface area contributed by atoms with Crippen molar-refractivity contribution in [3.8, 4) is 22.0 Å². The SMILES string of the molecule is CC(C)(C)OC(=O)N1CCCC1C(=O)Nc1nc(-c2ccc(F)s2)[nH]c1-c1ccccc1. The number of carbonyl (C=O) groups is 2. The van der Waals surface area contributed by atoms with Crippen LogP contribution in [0.25, 0.3) is 22.0 Å². The third-order valence-corrected chi connectivity index (χ3v) is 5.88. The lowest BCUT2D eigenvalue weighted by atomic mass is 10.1. The monoisotopic (exact) mass is 456 g/mol. The van der Waals surface area contributed by atoms with Gasteiger partial charge < -0.3 is 15.0 Å². The zero-order chi connectivity index (χ0) is 22.9. The van der Waals surface area contributed by atoms with Crippen LogP contribution in [-0.4, -0.2) is 45.1 Å². The van der Waals surface area contributed by atoms with Crippen molar-refractivity contribution in [1.82, 2.24) is 14.9 Å². The Hall–Kier alpha value is -3.20. The molecule has 32 heavy (non-hydrogen) atoms. The Morgan fingerprint density at radius 3 is 2.62 bits per heavy atom. The topological polar surface area (TPSA) is 87.3 Å². The number of nitrogens with one attached hydrogen (secondary N) is 2. The van der Waals surface area contributed by atoms with Gasteiger partial charge in [-0.25, -0.2) is 9.78 Å². The zero-order valence-electron chi connectivity index (χ0n) is 18.1. The minimum atomic E-state index is -0.646. The predicted molar refractivity (Wildman–Crippen MR) is 122 cm³/mol. The van der Waals surface area contributed by atoms with Crippen LogP contribution in [-0.2, 0) is 9.53 Å². The molecule has 168 valence electrons. The standard InChI is InChI=1S/C23H25FN4O3S/c1-23(2,3)31-22(30)28-13-7-10-15(28)21(29)27-20-18(14-8-5-4-6-9-14)25-19(26-20)16-11-12-17(24)32-16/h4-6,8-9,11-12,15H,7,10,13H2,1-3H3,(H,25,26)(H,27,29). The Kier molecular flexibility index (Phi) is 6.01. The van der Waals surface area contributed by atoms with E-state index in [0.29, 0.717) is 41.6 Å². The molecule has 0 radical (unpaired) electrons. The second-order valence-electron chi connectivity index (χ2n) is 8.60. The van der Waals surface area contributed by atoms with Gasteiger partial charge in [-0.2, -0.15) is 4.39 Å². The molecule has 0 saturated carbocycles. The van der Waals surface area contributed by atoms with Crippen molar-refractivity contribution >= 4 is 29.2 Å². The predicted octanol–water partition coefficient (Wildman–Crippen LogP) is 5.28. The number of rotatable bonds is 4. The first-order valence-corrected chi connectivity index (χ1v) is 11.2. The van der Waals surface area contributed by atoms with Gasteiger partial charge in [0, 0.05) is 12.1 Å². The first kappa shape index (κ1) is 22.0. The molecule has 4 rings (SSSR count). The van der Waals surface area contributed by atoms with Crippen LogP contribution in [0.3, 0.4) is 0 Å². The Labute approximate surface area is 189 Å². The molecule has 1 unspecified atom stereocenters. The first-order valence-electron chi connectivity index (χ1n) is 10.4. The minimum Gasteiger partial charge on any atom is -0.444 e. The van der Waals surface area contributed by atoms with Crippen LogP contribution >= 0.6 is 11.3 Å². The molecule has 1 atom stereocenters. The fraction of sp³-hybridized carbons (Fsp3) is 0.348. The van der Waals surface area contributed by atoms with Crippen LogP contribution in [0.1, 0.15) is 33.6 Å². The summed E-state index contributed by atoms with van der Waals surface area (Å²) in [5.74, 6) is 0.463. The molecular formula is C23H25FN4O3S. The number of likely N-dealkylation sites (tertiary alicyclic amines) is 1. The van der Waals surface area contributed by atoms with E-state index in [-0.39, 0.29) is 11.0 Å². The van der Waals surface area contributed by atoms with Crippen LogP contribution < -0.4 is 5.32 Å². The average Bonchev–Trinajstić information content (AvgIpc) is 3.46. The number of nitrogens with zero attached hydrogens (tertiary/aromatic N) is 2. The van der Waals surface area contributed by atoms with Gasteiger partial charge in [-0.3, -0.25) is 9.69 Å². The van der Waals surface area contributed by atoms with E-state index in [4.69, 9.17) is 4.74 Å². The van der Waals surface area contributed by atoms with E-state index >= 15 is 0 Å². The van der Waals surface area contributed by atoms with Crippen molar-refractivity contribution in [3.05, 3.63) is 47.6 Å². The Balaban J connectivity index is 1.61. The van der Waals surface area contributed by atoms with Gasteiger partial charge in [0.1, 0.15) is 11.6 Å². The van der Waals surface area contributed by atoms with Gasteiger partial charge in [-0.1, -0.05) is 30.3 Å². The lowest BCUT2D eigenvalue weighted by Gasteiger charge is -2.27. The number of thiophene rings is 1. The number of halogens is 1. The molecule has 0 aliphatic carbocycles.